The van der Waals surface area contributed by atoms with Crippen LogP contribution in [0.3, 0.4) is 0 Å². The Morgan fingerprint density at radius 2 is 1.66 bits per heavy atom. The number of anilines is 2. The molecular formula is C20H24F2N3O5PS. The summed E-state index contributed by atoms with van der Waals surface area (Å²) < 4.78 is 35.8. The van der Waals surface area contributed by atoms with Gasteiger partial charge in [0.25, 0.3) is 0 Å². The first-order chi connectivity index (χ1) is 14.9. The number of ketones is 1. The van der Waals surface area contributed by atoms with Gasteiger partial charge in [0.05, 0.1) is 5.69 Å². The van der Waals surface area contributed by atoms with Gasteiger partial charge in [-0.3, -0.25) is 9.69 Å². The number of carbonyl (C=O) groups excluding carboxylic acids is 1. The van der Waals surface area contributed by atoms with Crippen LogP contribution in [-0.2, 0) is 4.57 Å². The average molecular weight is 487 g/mol. The number of hydrogen-bond donors (Lipinski definition) is 4. The topological polar surface area (TPSA) is 127 Å². The molecule has 8 nitrogen and oxygen atoms in total. The molecule has 0 saturated carbocycles. The van der Waals surface area contributed by atoms with Crippen LogP contribution >= 0.6 is 20.0 Å². The number of likely N-dealkylation sites (tertiary alicyclic amines) is 1. The maximum atomic E-state index is 13.7. The van der Waals surface area contributed by atoms with E-state index in [1.807, 2.05) is 7.05 Å². The largest absolute Gasteiger partial charge is 0.466 e. The van der Waals surface area contributed by atoms with Gasteiger partial charge in [0.1, 0.15) is 0 Å². The summed E-state index contributed by atoms with van der Waals surface area (Å²) in [5.41, 5.74) is 7.22. The van der Waals surface area contributed by atoms with E-state index in [-0.39, 0.29) is 16.8 Å². The number of hydrogen-bond acceptors (Lipinski definition) is 4. The summed E-state index contributed by atoms with van der Waals surface area (Å²) >= 11 is 5.10. The van der Waals surface area contributed by atoms with Crippen LogP contribution in [0.25, 0.3) is 0 Å². The number of phosphoric acid groups is 1. The van der Waals surface area contributed by atoms with Crippen LogP contribution in [0.5, 0.6) is 0 Å². The molecule has 0 spiro atoms. The van der Waals surface area contributed by atoms with Gasteiger partial charge in [-0.2, -0.15) is 0 Å². The van der Waals surface area contributed by atoms with Crippen molar-refractivity contribution in [1.82, 2.24) is 4.90 Å². The molecule has 2 aromatic rings. The molecule has 0 bridgehead atoms. The molecule has 174 valence electrons. The van der Waals surface area contributed by atoms with Crippen molar-refractivity contribution in [2.45, 2.75) is 12.8 Å². The van der Waals surface area contributed by atoms with Crippen molar-refractivity contribution in [3.63, 3.8) is 0 Å². The number of piperidine rings is 1. The molecule has 3 rings (SSSR count). The predicted octanol–water partition coefficient (Wildman–Crippen LogP) is 2.94. The van der Waals surface area contributed by atoms with Gasteiger partial charge in [-0.15, -0.1) is 0 Å². The van der Waals surface area contributed by atoms with Crippen LogP contribution < -0.4 is 10.6 Å². The third-order valence-electron chi connectivity index (χ3n) is 4.86. The third kappa shape index (κ3) is 7.70. The number of Topliss-reactive ketones (excluding diaryl/α,β-unsaturated/α-hetero) is 1. The molecule has 0 atom stereocenters. The molecule has 1 aliphatic rings. The van der Waals surface area contributed by atoms with Crippen LogP contribution in [0.15, 0.2) is 42.5 Å². The Labute approximate surface area is 189 Å². The van der Waals surface area contributed by atoms with Crippen LogP contribution in [0.1, 0.15) is 23.2 Å². The van der Waals surface area contributed by atoms with Crippen molar-refractivity contribution in [2.75, 3.05) is 25.0 Å². The summed E-state index contributed by atoms with van der Waals surface area (Å²) in [5.74, 6) is -1.88. The Kier molecular flexibility index (Phi) is 8.97. The average Bonchev–Trinajstić information content (AvgIpc) is 2.70. The lowest BCUT2D eigenvalue weighted by molar-refractivity contribution is 0.0856. The number of benzene rings is 2. The Morgan fingerprint density at radius 1 is 1.09 bits per heavy atom. The molecule has 32 heavy (non-hydrogen) atoms. The van der Waals surface area contributed by atoms with E-state index in [4.69, 9.17) is 37.2 Å². The van der Waals surface area contributed by atoms with Gasteiger partial charge in [0.15, 0.2) is 22.5 Å². The highest BCUT2D eigenvalue weighted by Gasteiger charge is 2.25. The molecule has 0 aromatic heterocycles. The number of nitrogens with two attached hydrogens (primary N) is 1. The van der Waals surface area contributed by atoms with Gasteiger partial charge < -0.3 is 25.3 Å². The van der Waals surface area contributed by atoms with Gasteiger partial charge in [-0.05, 0) is 69.5 Å². The second-order valence-electron chi connectivity index (χ2n) is 7.28. The summed E-state index contributed by atoms with van der Waals surface area (Å²) in [6, 6.07) is 10.4. The molecule has 0 amide bonds. The second-order valence-corrected chi connectivity index (χ2v) is 8.72. The Morgan fingerprint density at radius 3 is 2.19 bits per heavy atom. The molecule has 2 aromatic carbocycles. The molecule has 1 heterocycles. The zero-order chi connectivity index (χ0) is 24.1. The van der Waals surface area contributed by atoms with E-state index in [9.17, 15) is 13.6 Å². The predicted molar refractivity (Wildman–Crippen MR) is 121 cm³/mol. The number of thiocarbonyl (C=S) groups is 1. The molecule has 1 fully saturated rings. The number of carbonyl (C=O) groups is 1. The molecule has 0 aliphatic carbocycles. The van der Waals surface area contributed by atoms with E-state index in [0.29, 0.717) is 16.9 Å². The van der Waals surface area contributed by atoms with E-state index in [1.165, 1.54) is 11.0 Å². The summed E-state index contributed by atoms with van der Waals surface area (Å²) in [7, 11) is -2.59. The van der Waals surface area contributed by atoms with Gasteiger partial charge in [0.2, 0.25) is 0 Å². The van der Waals surface area contributed by atoms with Crippen molar-refractivity contribution in [2.24, 2.45) is 11.7 Å². The lowest BCUT2D eigenvalue weighted by Crippen LogP contribution is -2.34. The van der Waals surface area contributed by atoms with Crippen molar-refractivity contribution < 1.29 is 32.8 Å². The lowest BCUT2D eigenvalue weighted by atomic mass is 9.89. The van der Waals surface area contributed by atoms with E-state index in [1.54, 1.807) is 24.3 Å². The van der Waals surface area contributed by atoms with Crippen LogP contribution in [0.2, 0.25) is 0 Å². The summed E-state index contributed by atoms with van der Waals surface area (Å²) in [6.07, 6.45) is 1.64. The number of halogens is 2. The Bertz CT molecular complexity index is 1020. The van der Waals surface area contributed by atoms with E-state index in [2.05, 4.69) is 4.90 Å². The Balaban J connectivity index is 0.000000654. The van der Waals surface area contributed by atoms with Crippen molar-refractivity contribution in [3.8, 4) is 0 Å². The van der Waals surface area contributed by atoms with Crippen LogP contribution in [0, 0.1) is 17.6 Å². The van der Waals surface area contributed by atoms with Gasteiger partial charge >= 0.3 is 7.82 Å². The maximum Gasteiger partial charge on any atom is 0.466 e. The van der Waals surface area contributed by atoms with Crippen molar-refractivity contribution in [3.05, 3.63) is 59.7 Å². The monoisotopic (exact) mass is 487 g/mol. The minimum atomic E-state index is -4.64. The molecule has 0 radical (unpaired) electrons. The van der Waals surface area contributed by atoms with Gasteiger partial charge in [0, 0.05) is 23.2 Å². The highest BCUT2D eigenvalue weighted by molar-refractivity contribution is 7.80. The standard InChI is InChI=1S/C20H21F2N3OS.H3O4P/c1-24-9-7-13(8-10-24)19(26)14-3-2-4-15(11-14)25(20(23)27)16-5-6-17(21)18(22)12-16;1-5(2,3)4/h2-6,11-13H,7-10H2,1H3,(H2,23,27);(H3,1,2,3,4). The molecule has 1 saturated heterocycles. The van der Waals surface area contributed by atoms with Crippen molar-refractivity contribution >= 4 is 42.3 Å². The molecule has 0 unspecified atom stereocenters. The van der Waals surface area contributed by atoms with Crippen LogP contribution in [0.4, 0.5) is 20.2 Å². The highest BCUT2D eigenvalue weighted by Crippen LogP contribution is 2.29. The van der Waals surface area contributed by atoms with Gasteiger partial charge in [-0.25, -0.2) is 13.3 Å². The minimum Gasteiger partial charge on any atom is -0.376 e. The van der Waals surface area contributed by atoms with E-state index >= 15 is 0 Å². The van der Waals surface area contributed by atoms with E-state index in [0.717, 1.165) is 38.1 Å². The zero-order valence-electron chi connectivity index (χ0n) is 17.2. The van der Waals surface area contributed by atoms with Crippen molar-refractivity contribution in [1.29, 1.82) is 0 Å². The fraction of sp³-hybridized carbons (Fsp3) is 0.300. The lowest BCUT2D eigenvalue weighted by Gasteiger charge is -2.28. The smallest absolute Gasteiger partial charge is 0.376 e. The fourth-order valence-corrected chi connectivity index (χ4v) is 3.54. The summed E-state index contributed by atoms with van der Waals surface area (Å²) in [4.78, 5) is 38.1. The fourth-order valence-electron chi connectivity index (χ4n) is 3.33. The number of nitrogens with zero attached hydrogens (tertiary/aromatic N) is 2. The maximum absolute atomic E-state index is 13.7. The SMILES string of the molecule is CN1CCC(C(=O)c2cccc(N(C(N)=S)c3ccc(F)c(F)c3)c2)CC1.O=P(O)(O)O. The summed E-state index contributed by atoms with van der Waals surface area (Å²) in [5, 5.41) is -0.0232. The van der Waals surface area contributed by atoms with E-state index < -0.39 is 19.5 Å². The zero-order valence-corrected chi connectivity index (χ0v) is 18.9. The first-order valence-corrected chi connectivity index (χ1v) is 11.5. The molecule has 1 aliphatic heterocycles. The Hall–Kier alpha value is -2.27. The number of rotatable bonds is 4. The minimum absolute atomic E-state index is 0.0157. The quantitative estimate of drug-likeness (QED) is 0.292. The molecular weight excluding hydrogens is 463 g/mol. The normalized spacial score (nSPS) is 14.9. The third-order valence-corrected chi connectivity index (χ3v) is 5.04. The molecule has 12 heteroatoms. The van der Waals surface area contributed by atoms with Crippen LogP contribution in [-0.4, -0.2) is 50.6 Å². The first-order valence-electron chi connectivity index (χ1n) is 9.52. The first kappa shape index (κ1) is 26.0. The highest BCUT2D eigenvalue weighted by atomic mass is 32.1. The second kappa shape index (κ2) is 11.0. The summed E-state index contributed by atoms with van der Waals surface area (Å²) in [6.45, 7) is 1.79. The molecule has 5 N–H and O–H groups in total. The van der Waals surface area contributed by atoms with Gasteiger partial charge in [-0.1, -0.05) is 12.1 Å².